The number of hydrogen-bond donors (Lipinski definition) is 1. The van der Waals surface area contributed by atoms with Gasteiger partial charge in [0.15, 0.2) is 0 Å². The Morgan fingerprint density at radius 3 is 2.60 bits per heavy atom. The van der Waals surface area contributed by atoms with E-state index in [4.69, 9.17) is 5.26 Å². The van der Waals surface area contributed by atoms with Gasteiger partial charge in [0.1, 0.15) is 11.9 Å². The molecule has 1 unspecified atom stereocenters. The Morgan fingerprint density at radius 2 is 1.95 bits per heavy atom. The molecule has 0 saturated carbocycles. The van der Waals surface area contributed by atoms with E-state index in [9.17, 15) is 4.39 Å². The molecule has 0 heterocycles. The molecule has 0 amide bonds. The maximum Gasteiger partial charge on any atom is 0.124 e. The average Bonchev–Trinajstić information content (AvgIpc) is 2.43. The van der Waals surface area contributed by atoms with Crippen LogP contribution in [0.15, 0.2) is 46.9 Å². The van der Waals surface area contributed by atoms with Crippen LogP contribution < -0.4 is 5.32 Å². The van der Waals surface area contributed by atoms with Crippen LogP contribution in [0.5, 0.6) is 0 Å². The van der Waals surface area contributed by atoms with Gasteiger partial charge in [-0.1, -0.05) is 28.1 Å². The minimum Gasteiger partial charge on any atom is -0.381 e. The quantitative estimate of drug-likeness (QED) is 0.894. The number of halogens is 2. The van der Waals surface area contributed by atoms with Crippen molar-refractivity contribution in [3.05, 3.63) is 63.9 Å². The van der Waals surface area contributed by atoms with Gasteiger partial charge in [0.05, 0.1) is 11.3 Å². The Kier molecular flexibility index (Phi) is 4.75. The van der Waals surface area contributed by atoms with E-state index in [0.29, 0.717) is 11.3 Å². The zero-order chi connectivity index (χ0) is 14.5. The zero-order valence-electron chi connectivity index (χ0n) is 11.0. The van der Waals surface area contributed by atoms with Crippen molar-refractivity contribution >= 4 is 21.6 Å². The summed E-state index contributed by atoms with van der Waals surface area (Å²) in [6.45, 7) is 2.03. The molecule has 0 aliphatic heterocycles. The summed E-state index contributed by atoms with van der Waals surface area (Å²) in [5.74, 6) is -0.396. The number of nitrogens with zero attached hydrogens (tertiary/aromatic N) is 1. The fraction of sp³-hybridized carbons (Fsp3) is 0.188. The van der Waals surface area contributed by atoms with E-state index < -0.39 is 5.82 Å². The third-order valence-electron chi connectivity index (χ3n) is 2.96. The van der Waals surface area contributed by atoms with Crippen LogP contribution in [0.4, 0.5) is 10.1 Å². The van der Waals surface area contributed by atoms with Crippen LogP contribution in [0.25, 0.3) is 0 Å². The summed E-state index contributed by atoms with van der Waals surface area (Å²) in [4.78, 5) is 0. The van der Waals surface area contributed by atoms with Gasteiger partial charge in [-0.05, 0) is 49.2 Å². The van der Waals surface area contributed by atoms with Gasteiger partial charge in [0, 0.05) is 10.5 Å². The van der Waals surface area contributed by atoms with Crippen LogP contribution in [0.2, 0.25) is 0 Å². The van der Waals surface area contributed by atoms with E-state index in [1.54, 1.807) is 6.07 Å². The lowest BCUT2D eigenvalue weighted by Gasteiger charge is -2.16. The highest BCUT2D eigenvalue weighted by Gasteiger charge is 2.08. The first kappa shape index (κ1) is 14.5. The highest BCUT2D eigenvalue weighted by Crippen LogP contribution is 2.18. The van der Waals surface area contributed by atoms with Crippen LogP contribution in [-0.2, 0) is 6.42 Å². The predicted octanol–water partition coefficient (Wildman–Crippen LogP) is 4.50. The summed E-state index contributed by atoms with van der Waals surface area (Å²) < 4.78 is 14.1. The Balaban J connectivity index is 2.06. The maximum atomic E-state index is 13.1. The molecule has 2 aromatic carbocycles. The fourth-order valence-electron chi connectivity index (χ4n) is 2.03. The summed E-state index contributed by atoms with van der Waals surface area (Å²) >= 11 is 3.40. The van der Waals surface area contributed by atoms with Crippen LogP contribution in [0.1, 0.15) is 18.1 Å². The molecule has 2 aromatic rings. The molecule has 0 aromatic heterocycles. The van der Waals surface area contributed by atoms with Gasteiger partial charge in [-0.2, -0.15) is 5.26 Å². The summed E-state index contributed by atoms with van der Waals surface area (Å²) in [7, 11) is 0. The molecule has 1 atom stereocenters. The minimum absolute atomic E-state index is 0.147. The molecule has 0 bridgehead atoms. The second-order valence-electron chi connectivity index (χ2n) is 4.68. The van der Waals surface area contributed by atoms with E-state index >= 15 is 0 Å². The van der Waals surface area contributed by atoms with E-state index in [1.807, 2.05) is 25.1 Å². The fourth-order valence-corrected chi connectivity index (χ4v) is 2.29. The minimum atomic E-state index is -0.396. The monoisotopic (exact) mass is 332 g/mol. The predicted molar refractivity (Wildman–Crippen MR) is 82.0 cm³/mol. The van der Waals surface area contributed by atoms with Crippen LogP contribution in [0, 0.1) is 17.1 Å². The average molecular weight is 333 g/mol. The smallest absolute Gasteiger partial charge is 0.124 e. The van der Waals surface area contributed by atoms with Gasteiger partial charge in [-0.25, -0.2) is 4.39 Å². The number of nitriles is 1. The molecule has 2 nitrogen and oxygen atoms in total. The highest BCUT2D eigenvalue weighted by atomic mass is 79.9. The molecule has 20 heavy (non-hydrogen) atoms. The van der Waals surface area contributed by atoms with Gasteiger partial charge in [0.2, 0.25) is 0 Å². The van der Waals surface area contributed by atoms with Gasteiger partial charge in [0.25, 0.3) is 0 Å². The molecule has 1 N–H and O–H groups in total. The summed E-state index contributed by atoms with van der Waals surface area (Å²) in [5.41, 5.74) is 2.19. The highest BCUT2D eigenvalue weighted by molar-refractivity contribution is 9.10. The topological polar surface area (TPSA) is 35.8 Å². The summed E-state index contributed by atoms with van der Waals surface area (Å²) in [6.07, 6.45) is 0.829. The van der Waals surface area contributed by atoms with Gasteiger partial charge in [-0.15, -0.1) is 0 Å². The number of rotatable bonds is 4. The number of hydrogen-bond acceptors (Lipinski definition) is 2. The number of anilines is 1. The van der Waals surface area contributed by atoms with Crippen molar-refractivity contribution in [1.29, 1.82) is 5.26 Å². The second kappa shape index (κ2) is 6.53. The zero-order valence-corrected chi connectivity index (χ0v) is 12.6. The molecule has 2 rings (SSSR count). The standard InChI is InChI=1S/C16H14BrFN2/c1-11(8-12-2-4-14(17)5-3-12)20-16-7-6-15(18)9-13(16)10-19/h2-7,9,11,20H,8H2,1H3. The molecule has 0 aliphatic carbocycles. The molecule has 0 radical (unpaired) electrons. The lowest BCUT2D eigenvalue weighted by atomic mass is 10.1. The lowest BCUT2D eigenvalue weighted by Crippen LogP contribution is -2.18. The summed E-state index contributed by atoms with van der Waals surface area (Å²) in [5, 5.41) is 12.3. The Labute approximate surface area is 126 Å². The number of benzene rings is 2. The Morgan fingerprint density at radius 1 is 1.25 bits per heavy atom. The van der Waals surface area contributed by atoms with Crippen molar-refractivity contribution < 1.29 is 4.39 Å². The third kappa shape index (κ3) is 3.82. The first-order valence-electron chi connectivity index (χ1n) is 6.29. The molecule has 4 heteroatoms. The first-order valence-corrected chi connectivity index (χ1v) is 7.08. The van der Waals surface area contributed by atoms with Crippen molar-refractivity contribution in [2.45, 2.75) is 19.4 Å². The van der Waals surface area contributed by atoms with Crippen molar-refractivity contribution in [2.75, 3.05) is 5.32 Å². The normalized spacial score (nSPS) is 11.7. The van der Waals surface area contributed by atoms with E-state index in [1.165, 1.54) is 17.7 Å². The molecular weight excluding hydrogens is 319 g/mol. The van der Waals surface area contributed by atoms with Gasteiger partial charge in [-0.3, -0.25) is 0 Å². The van der Waals surface area contributed by atoms with Crippen molar-refractivity contribution in [1.82, 2.24) is 0 Å². The summed E-state index contributed by atoms with van der Waals surface area (Å²) in [6, 6.07) is 14.5. The van der Waals surface area contributed by atoms with Gasteiger partial charge < -0.3 is 5.32 Å². The Hall–Kier alpha value is -1.86. The van der Waals surface area contributed by atoms with E-state index in [-0.39, 0.29) is 6.04 Å². The largest absolute Gasteiger partial charge is 0.381 e. The van der Waals surface area contributed by atoms with E-state index in [0.717, 1.165) is 10.9 Å². The van der Waals surface area contributed by atoms with E-state index in [2.05, 4.69) is 33.4 Å². The molecule has 0 spiro atoms. The SMILES string of the molecule is CC(Cc1ccc(Br)cc1)Nc1ccc(F)cc1C#N. The van der Waals surface area contributed by atoms with Crippen molar-refractivity contribution in [2.24, 2.45) is 0 Å². The molecule has 0 fully saturated rings. The number of nitrogens with one attached hydrogen (secondary N) is 1. The maximum absolute atomic E-state index is 13.1. The molecule has 102 valence electrons. The molecule has 0 aliphatic rings. The first-order chi connectivity index (χ1) is 9.58. The van der Waals surface area contributed by atoms with Crippen molar-refractivity contribution in [3.8, 4) is 6.07 Å². The van der Waals surface area contributed by atoms with Crippen LogP contribution in [0.3, 0.4) is 0 Å². The van der Waals surface area contributed by atoms with Gasteiger partial charge >= 0.3 is 0 Å². The van der Waals surface area contributed by atoms with Crippen molar-refractivity contribution in [3.63, 3.8) is 0 Å². The molecule has 0 saturated heterocycles. The van der Waals surface area contributed by atoms with Crippen LogP contribution >= 0.6 is 15.9 Å². The lowest BCUT2D eigenvalue weighted by molar-refractivity contribution is 0.627. The van der Waals surface area contributed by atoms with Crippen LogP contribution in [-0.4, -0.2) is 6.04 Å². The Bertz CT molecular complexity index is 632. The second-order valence-corrected chi connectivity index (χ2v) is 5.59. The third-order valence-corrected chi connectivity index (χ3v) is 3.49. The molecular formula is C16H14BrFN2.